The van der Waals surface area contributed by atoms with E-state index in [0.29, 0.717) is 16.7 Å². The number of carbonyl (C=O) groups is 1. The van der Waals surface area contributed by atoms with Gasteiger partial charge in [0, 0.05) is 23.3 Å². The minimum Gasteiger partial charge on any atom is -0.479 e. The fourth-order valence-corrected chi connectivity index (χ4v) is 2.45. The molecule has 0 aliphatic rings. The second-order valence-corrected chi connectivity index (χ2v) is 5.48. The molecular formula is C16H14N4O2S. The van der Waals surface area contributed by atoms with E-state index in [4.69, 9.17) is 4.74 Å². The molecule has 116 valence electrons. The van der Waals surface area contributed by atoms with Crippen molar-refractivity contribution in [1.82, 2.24) is 14.3 Å². The van der Waals surface area contributed by atoms with Crippen LogP contribution in [0, 0.1) is 0 Å². The first-order valence-electron chi connectivity index (χ1n) is 6.99. The maximum absolute atomic E-state index is 12.1. The smallest absolute Gasteiger partial charge is 0.266 e. The molecular weight excluding hydrogens is 312 g/mol. The van der Waals surface area contributed by atoms with Crippen molar-refractivity contribution in [2.24, 2.45) is 0 Å². The molecule has 0 saturated heterocycles. The number of pyridine rings is 1. The third-order valence-corrected chi connectivity index (χ3v) is 3.64. The van der Waals surface area contributed by atoms with Crippen LogP contribution in [-0.2, 0) is 4.79 Å². The van der Waals surface area contributed by atoms with Gasteiger partial charge in [-0.1, -0.05) is 30.3 Å². The molecule has 1 N–H and O–H groups in total. The van der Waals surface area contributed by atoms with E-state index in [-0.39, 0.29) is 5.91 Å². The van der Waals surface area contributed by atoms with E-state index in [1.54, 1.807) is 31.5 Å². The summed E-state index contributed by atoms with van der Waals surface area (Å²) in [6, 6.07) is 13.1. The monoisotopic (exact) mass is 326 g/mol. The quantitative estimate of drug-likeness (QED) is 0.780. The molecule has 0 bridgehead atoms. The predicted octanol–water partition coefficient (Wildman–Crippen LogP) is 3.01. The SMILES string of the molecule is C[C@H](Oc1cccnc1)C(=O)Nc1nc(-c2ccccc2)ns1. The van der Waals surface area contributed by atoms with Crippen molar-refractivity contribution in [2.75, 3.05) is 5.32 Å². The number of amides is 1. The summed E-state index contributed by atoms with van der Waals surface area (Å²) < 4.78 is 9.77. The summed E-state index contributed by atoms with van der Waals surface area (Å²) in [6.07, 6.45) is 2.54. The van der Waals surface area contributed by atoms with Gasteiger partial charge in [-0.2, -0.15) is 9.36 Å². The van der Waals surface area contributed by atoms with Gasteiger partial charge in [0.15, 0.2) is 11.9 Å². The summed E-state index contributed by atoms with van der Waals surface area (Å²) in [7, 11) is 0. The van der Waals surface area contributed by atoms with E-state index in [9.17, 15) is 4.79 Å². The van der Waals surface area contributed by atoms with E-state index in [1.165, 1.54) is 0 Å². The van der Waals surface area contributed by atoms with Gasteiger partial charge in [-0.25, -0.2) is 0 Å². The Kier molecular flexibility index (Phi) is 4.58. The molecule has 0 aliphatic carbocycles. The average Bonchev–Trinajstić information content (AvgIpc) is 3.05. The number of anilines is 1. The van der Waals surface area contributed by atoms with Gasteiger partial charge in [-0.15, -0.1) is 0 Å². The molecule has 0 spiro atoms. The van der Waals surface area contributed by atoms with Gasteiger partial charge in [-0.3, -0.25) is 15.1 Å². The molecule has 0 unspecified atom stereocenters. The number of carbonyl (C=O) groups excluding carboxylic acids is 1. The summed E-state index contributed by atoms with van der Waals surface area (Å²) in [5, 5.41) is 3.15. The predicted molar refractivity (Wildman–Crippen MR) is 88.3 cm³/mol. The van der Waals surface area contributed by atoms with Crippen LogP contribution >= 0.6 is 11.5 Å². The lowest BCUT2D eigenvalue weighted by molar-refractivity contribution is -0.122. The van der Waals surface area contributed by atoms with Crippen molar-refractivity contribution in [1.29, 1.82) is 0 Å². The van der Waals surface area contributed by atoms with Crippen LogP contribution in [-0.4, -0.2) is 26.4 Å². The minimum absolute atomic E-state index is 0.287. The van der Waals surface area contributed by atoms with E-state index in [1.807, 2.05) is 30.3 Å². The third-order valence-electron chi connectivity index (χ3n) is 3.00. The number of hydrogen-bond acceptors (Lipinski definition) is 6. The van der Waals surface area contributed by atoms with Gasteiger partial charge in [0.05, 0.1) is 6.20 Å². The highest BCUT2D eigenvalue weighted by Crippen LogP contribution is 2.21. The first kappa shape index (κ1) is 15.1. The Morgan fingerprint density at radius 2 is 2.04 bits per heavy atom. The highest BCUT2D eigenvalue weighted by Gasteiger charge is 2.17. The average molecular weight is 326 g/mol. The number of nitrogens with one attached hydrogen (secondary N) is 1. The van der Waals surface area contributed by atoms with Gasteiger partial charge < -0.3 is 4.74 Å². The summed E-state index contributed by atoms with van der Waals surface area (Å²) in [5.41, 5.74) is 0.906. The van der Waals surface area contributed by atoms with E-state index >= 15 is 0 Å². The summed E-state index contributed by atoms with van der Waals surface area (Å²) >= 11 is 1.14. The number of aromatic nitrogens is 3. The molecule has 0 radical (unpaired) electrons. The normalized spacial score (nSPS) is 11.7. The maximum atomic E-state index is 12.1. The Morgan fingerprint density at radius 3 is 2.78 bits per heavy atom. The topological polar surface area (TPSA) is 77.0 Å². The van der Waals surface area contributed by atoms with Crippen LogP contribution in [0.2, 0.25) is 0 Å². The molecule has 7 heteroatoms. The van der Waals surface area contributed by atoms with E-state index < -0.39 is 6.10 Å². The first-order chi connectivity index (χ1) is 11.2. The molecule has 2 heterocycles. The highest BCUT2D eigenvalue weighted by molar-refractivity contribution is 7.10. The van der Waals surface area contributed by atoms with Crippen LogP contribution in [0.15, 0.2) is 54.9 Å². The van der Waals surface area contributed by atoms with Crippen LogP contribution in [0.3, 0.4) is 0 Å². The largest absolute Gasteiger partial charge is 0.479 e. The lowest BCUT2D eigenvalue weighted by Crippen LogP contribution is -2.30. The van der Waals surface area contributed by atoms with Crippen LogP contribution in [0.5, 0.6) is 5.75 Å². The molecule has 0 aliphatic heterocycles. The second kappa shape index (κ2) is 6.97. The van der Waals surface area contributed by atoms with Gasteiger partial charge in [-0.05, 0) is 19.1 Å². The van der Waals surface area contributed by atoms with Gasteiger partial charge in [0.2, 0.25) is 5.13 Å². The van der Waals surface area contributed by atoms with Gasteiger partial charge in [0.25, 0.3) is 5.91 Å². The fraction of sp³-hybridized carbons (Fsp3) is 0.125. The van der Waals surface area contributed by atoms with Crippen molar-refractivity contribution in [2.45, 2.75) is 13.0 Å². The van der Waals surface area contributed by atoms with Gasteiger partial charge >= 0.3 is 0 Å². The molecule has 2 aromatic heterocycles. The van der Waals surface area contributed by atoms with Crippen molar-refractivity contribution < 1.29 is 9.53 Å². The number of rotatable bonds is 5. The van der Waals surface area contributed by atoms with Crippen molar-refractivity contribution in [3.05, 3.63) is 54.9 Å². The Balaban J connectivity index is 1.63. The molecule has 1 amide bonds. The van der Waals surface area contributed by atoms with Crippen molar-refractivity contribution in [3.8, 4) is 17.1 Å². The van der Waals surface area contributed by atoms with Crippen LogP contribution in [0.25, 0.3) is 11.4 Å². The molecule has 3 aromatic rings. The molecule has 1 atom stereocenters. The Labute approximate surface area is 137 Å². The molecule has 23 heavy (non-hydrogen) atoms. The minimum atomic E-state index is -0.664. The lowest BCUT2D eigenvalue weighted by atomic mass is 10.2. The first-order valence-corrected chi connectivity index (χ1v) is 7.76. The van der Waals surface area contributed by atoms with Crippen LogP contribution in [0.1, 0.15) is 6.92 Å². The zero-order valence-electron chi connectivity index (χ0n) is 12.3. The van der Waals surface area contributed by atoms with Crippen molar-refractivity contribution >= 4 is 22.6 Å². The molecule has 1 aromatic carbocycles. The van der Waals surface area contributed by atoms with E-state index in [0.717, 1.165) is 17.1 Å². The Hall–Kier alpha value is -2.80. The summed E-state index contributed by atoms with van der Waals surface area (Å²) in [6.45, 7) is 1.67. The van der Waals surface area contributed by atoms with Crippen LogP contribution in [0.4, 0.5) is 5.13 Å². The standard InChI is InChI=1S/C16H14N4O2S/c1-11(22-13-8-5-9-17-10-13)15(21)19-16-18-14(20-23-16)12-6-3-2-4-7-12/h2-11H,1H3,(H,18,19,20,21)/t11-/m0/s1. The second-order valence-electron chi connectivity index (χ2n) is 4.73. The highest BCUT2D eigenvalue weighted by atomic mass is 32.1. The fourth-order valence-electron chi connectivity index (χ4n) is 1.86. The summed E-state index contributed by atoms with van der Waals surface area (Å²) in [4.78, 5) is 20.4. The molecule has 6 nitrogen and oxygen atoms in total. The van der Waals surface area contributed by atoms with Crippen molar-refractivity contribution in [3.63, 3.8) is 0 Å². The summed E-state index contributed by atoms with van der Waals surface area (Å²) in [5.74, 6) is 0.841. The Morgan fingerprint density at radius 1 is 1.22 bits per heavy atom. The number of ether oxygens (including phenoxy) is 1. The third kappa shape index (κ3) is 3.89. The zero-order valence-corrected chi connectivity index (χ0v) is 13.2. The van der Waals surface area contributed by atoms with Crippen LogP contribution < -0.4 is 10.1 Å². The number of hydrogen-bond donors (Lipinski definition) is 1. The number of benzene rings is 1. The Bertz CT molecular complexity index is 777. The zero-order chi connectivity index (χ0) is 16.1. The molecule has 0 fully saturated rings. The maximum Gasteiger partial charge on any atom is 0.266 e. The van der Waals surface area contributed by atoms with E-state index in [2.05, 4.69) is 19.7 Å². The molecule has 0 saturated carbocycles. The number of nitrogens with zero attached hydrogens (tertiary/aromatic N) is 3. The molecule has 3 rings (SSSR count). The van der Waals surface area contributed by atoms with Gasteiger partial charge in [0.1, 0.15) is 5.75 Å². The lowest BCUT2D eigenvalue weighted by Gasteiger charge is -2.12.